The Labute approximate surface area is 191 Å². The summed E-state index contributed by atoms with van der Waals surface area (Å²) in [4.78, 5) is 25.3. The van der Waals surface area contributed by atoms with Crippen LogP contribution in [0.2, 0.25) is 5.02 Å². The van der Waals surface area contributed by atoms with E-state index in [1.54, 1.807) is 49.7 Å². The van der Waals surface area contributed by atoms with Gasteiger partial charge in [0.15, 0.2) is 11.5 Å². The van der Waals surface area contributed by atoms with Gasteiger partial charge in [0, 0.05) is 11.2 Å². The zero-order chi connectivity index (χ0) is 22.9. The summed E-state index contributed by atoms with van der Waals surface area (Å²) in [5, 5.41) is 4.56. The van der Waals surface area contributed by atoms with Crippen LogP contribution in [0.25, 0.3) is 0 Å². The first-order chi connectivity index (χ1) is 15.5. The van der Waals surface area contributed by atoms with Gasteiger partial charge in [0.05, 0.1) is 26.5 Å². The topological polar surface area (TPSA) is 81.9 Å². The number of rotatable bonds is 9. The molecule has 2 aromatic carbocycles. The second-order valence-corrected chi connectivity index (χ2v) is 7.38. The van der Waals surface area contributed by atoms with Gasteiger partial charge in [0.1, 0.15) is 5.56 Å². The van der Waals surface area contributed by atoms with Gasteiger partial charge >= 0.3 is 0 Å². The van der Waals surface area contributed by atoms with E-state index in [9.17, 15) is 9.59 Å². The van der Waals surface area contributed by atoms with Crippen molar-refractivity contribution in [3.05, 3.63) is 92.9 Å². The van der Waals surface area contributed by atoms with E-state index in [0.717, 1.165) is 12.0 Å². The average molecular weight is 454 g/mol. The van der Waals surface area contributed by atoms with Crippen molar-refractivity contribution in [2.75, 3.05) is 13.7 Å². The van der Waals surface area contributed by atoms with E-state index in [0.29, 0.717) is 35.2 Å². The summed E-state index contributed by atoms with van der Waals surface area (Å²) in [7, 11) is 1.57. The lowest BCUT2D eigenvalue weighted by molar-refractivity contribution is 0.0953. The second-order valence-electron chi connectivity index (χ2n) is 6.94. The molecule has 8 heteroatoms. The molecule has 0 spiro atoms. The SMILES string of the molecule is CCCOc1cc(/C=N\NC(=O)c2cccn(Cc3cccc(Cl)c3)c2=O)ccc1OC. The number of ether oxygens (including phenoxy) is 2. The number of carbonyl (C=O) groups excluding carboxylic acids is 1. The summed E-state index contributed by atoms with van der Waals surface area (Å²) in [6, 6.07) is 15.6. The number of aromatic nitrogens is 1. The molecule has 1 N–H and O–H groups in total. The molecular formula is C24H24ClN3O4. The minimum absolute atomic E-state index is 0.00613. The molecular weight excluding hydrogens is 430 g/mol. The molecule has 7 nitrogen and oxygen atoms in total. The fourth-order valence-electron chi connectivity index (χ4n) is 2.99. The number of amides is 1. The normalized spacial score (nSPS) is 10.8. The van der Waals surface area contributed by atoms with Gasteiger partial charge in [-0.1, -0.05) is 30.7 Å². The fraction of sp³-hybridized carbons (Fsp3) is 0.208. The summed E-state index contributed by atoms with van der Waals surface area (Å²) in [6.45, 7) is 2.87. The van der Waals surface area contributed by atoms with Crippen LogP contribution < -0.4 is 20.5 Å². The Bertz CT molecular complexity index is 1170. The molecule has 1 aromatic heterocycles. The summed E-state index contributed by atoms with van der Waals surface area (Å²) in [5.74, 6) is 0.614. The fourth-order valence-corrected chi connectivity index (χ4v) is 3.20. The Hall–Kier alpha value is -3.58. The van der Waals surface area contributed by atoms with Crippen molar-refractivity contribution in [2.24, 2.45) is 5.10 Å². The largest absolute Gasteiger partial charge is 0.493 e. The number of methoxy groups -OCH3 is 1. The molecule has 0 radical (unpaired) electrons. The molecule has 3 aromatic rings. The first-order valence-electron chi connectivity index (χ1n) is 10.1. The molecule has 0 atom stereocenters. The van der Waals surface area contributed by atoms with E-state index in [2.05, 4.69) is 10.5 Å². The van der Waals surface area contributed by atoms with Crippen LogP contribution in [0, 0.1) is 0 Å². The lowest BCUT2D eigenvalue weighted by Gasteiger charge is -2.10. The van der Waals surface area contributed by atoms with Gasteiger partial charge in [-0.2, -0.15) is 5.10 Å². The summed E-state index contributed by atoms with van der Waals surface area (Å²) >= 11 is 6.01. The number of hydrogen-bond acceptors (Lipinski definition) is 5. The number of benzene rings is 2. The van der Waals surface area contributed by atoms with Crippen LogP contribution >= 0.6 is 11.6 Å². The van der Waals surface area contributed by atoms with Crippen molar-refractivity contribution in [3.63, 3.8) is 0 Å². The van der Waals surface area contributed by atoms with Crippen LogP contribution in [-0.2, 0) is 6.54 Å². The van der Waals surface area contributed by atoms with Gasteiger partial charge in [0.2, 0.25) is 0 Å². The molecule has 1 amide bonds. The molecule has 0 unspecified atom stereocenters. The van der Waals surface area contributed by atoms with E-state index >= 15 is 0 Å². The molecule has 1 heterocycles. The molecule has 0 aliphatic heterocycles. The highest BCUT2D eigenvalue weighted by atomic mass is 35.5. The highest BCUT2D eigenvalue weighted by molar-refractivity contribution is 6.30. The standard InChI is InChI=1S/C24H24ClN3O4/c1-3-12-32-22-14-17(9-10-21(22)31-2)15-26-27-23(29)20-8-5-11-28(24(20)30)16-18-6-4-7-19(25)13-18/h4-11,13-15H,3,12,16H2,1-2H3,(H,27,29)/b26-15-. The third-order valence-corrected chi connectivity index (χ3v) is 4.77. The third-order valence-electron chi connectivity index (χ3n) is 4.54. The van der Waals surface area contributed by atoms with Crippen LogP contribution in [0.15, 0.2) is 70.7 Å². The Balaban J connectivity index is 1.71. The second kappa shape index (κ2) is 11.2. The molecule has 0 fully saturated rings. The average Bonchev–Trinajstić information content (AvgIpc) is 2.79. The maximum atomic E-state index is 12.7. The van der Waals surface area contributed by atoms with Crippen LogP contribution in [0.4, 0.5) is 0 Å². The predicted octanol–water partition coefficient (Wildman–Crippen LogP) is 4.11. The van der Waals surface area contributed by atoms with Crippen LogP contribution in [0.1, 0.15) is 34.8 Å². The molecule has 0 saturated carbocycles. The lowest BCUT2D eigenvalue weighted by atomic mass is 10.2. The number of nitrogens with zero attached hydrogens (tertiary/aromatic N) is 2. The van der Waals surface area contributed by atoms with Crippen molar-refractivity contribution >= 4 is 23.7 Å². The summed E-state index contributed by atoms with van der Waals surface area (Å²) in [5.41, 5.74) is 3.55. The van der Waals surface area contributed by atoms with E-state index in [-0.39, 0.29) is 5.56 Å². The van der Waals surface area contributed by atoms with E-state index in [4.69, 9.17) is 21.1 Å². The van der Waals surface area contributed by atoms with Crippen molar-refractivity contribution in [1.29, 1.82) is 0 Å². The number of carbonyl (C=O) groups is 1. The van der Waals surface area contributed by atoms with Crippen LogP contribution in [0.3, 0.4) is 0 Å². The molecule has 3 rings (SSSR count). The highest BCUT2D eigenvalue weighted by Crippen LogP contribution is 2.27. The van der Waals surface area contributed by atoms with Gasteiger partial charge < -0.3 is 14.0 Å². The van der Waals surface area contributed by atoms with Crippen molar-refractivity contribution < 1.29 is 14.3 Å². The molecule has 166 valence electrons. The predicted molar refractivity (Wildman–Crippen MR) is 125 cm³/mol. The molecule has 0 aliphatic rings. The number of nitrogens with one attached hydrogen (secondary N) is 1. The summed E-state index contributed by atoms with van der Waals surface area (Å²) in [6.07, 6.45) is 3.96. The smallest absolute Gasteiger partial charge is 0.276 e. The zero-order valence-electron chi connectivity index (χ0n) is 17.9. The number of hydrogen-bond donors (Lipinski definition) is 1. The maximum Gasteiger partial charge on any atom is 0.276 e. The van der Waals surface area contributed by atoms with Gasteiger partial charge in [0.25, 0.3) is 11.5 Å². The van der Waals surface area contributed by atoms with Crippen LogP contribution in [0.5, 0.6) is 11.5 Å². The Morgan fingerprint density at radius 2 is 2.00 bits per heavy atom. The highest BCUT2D eigenvalue weighted by Gasteiger charge is 2.12. The maximum absolute atomic E-state index is 12.7. The Kier molecular flexibility index (Phi) is 8.05. The summed E-state index contributed by atoms with van der Waals surface area (Å²) < 4.78 is 12.4. The zero-order valence-corrected chi connectivity index (χ0v) is 18.6. The molecule has 0 saturated heterocycles. The molecule has 32 heavy (non-hydrogen) atoms. The van der Waals surface area contributed by atoms with Gasteiger partial charge in [-0.05, 0) is 60.0 Å². The number of pyridine rings is 1. The van der Waals surface area contributed by atoms with E-state index < -0.39 is 11.5 Å². The van der Waals surface area contributed by atoms with Gasteiger partial charge in [-0.15, -0.1) is 0 Å². The van der Waals surface area contributed by atoms with E-state index in [1.165, 1.54) is 16.8 Å². The van der Waals surface area contributed by atoms with Crippen LogP contribution in [-0.4, -0.2) is 30.4 Å². The first-order valence-corrected chi connectivity index (χ1v) is 10.5. The Morgan fingerprint density at radius 1 is 1.16 bits per heavy atom. The van der Waals surface area contributed by atoms with Gasteiger partial charge in [-0.25, -0.2) is 5.43 Å². The van der Waals surface area contributed by atoms with Gasteiger partial charge in [-0.3, -0.25) is 9.59 Å². The van der Waals surface area contributed by atoms with Crippen molar-refractivity contribution in [2.45, 2.75) is 19.9 Å². The Morgan fingerprint density at radius 3 is 2.75 bits per heavy atom. The van der Waals surface area contributed by atoms with Crippen molar-refractivity contribution in [3.8, 4) is 11.5 Å². The quantitative estimate of drug-likeness (QED) is 0.390. The number of hydrazone groups is 1. The van der Waals surface area contributed by atoms with E-state index in [1.807, 2.05) is 19.1 Å². The lowest BCUT2D eigenvalue weighted by Crippen LogP contribution is -2.30. The monoisotopic (exact) mass is 453 g/mol. The molecule has 0 aliphatic carbocycles. The third kappa shape index (κ3) is 5.98. The minimum atomic E-state index is -0.595. The molecule has 0 bridgehead atoms. The van der Waals surface area contributed by atoms with Crippen molar-refractivity contribution in [1.82, 2.24) is 9.99 Å². The number of halogens is 1. The first kappa shape index (κ1) is 23.1. The minimum Gasteiger partial charge on any atom is -0.493 e.